The number of pyridine rings is 1. The lowest BCUT2D eigenvalue weighted by Gasteiger charge is -2.27. The van der Waals surface area contributed by atoms with Gasteiger partial charge in [-0.15, -0.1) is 0 Å². The minimum atomic E-state index is -2.97. The number of alkyl halides is 2. The molecule has 8 heteroatoms. The smallest absolute Gasteiger partial charge is 0.411 e. The third-order valence-corrected chi connectivity index (χ3v) is 4.01. The Balaban J connectivity index is 1.78. The topological polar surface area (TPSA) is 71.1 Å². The monoisotopic (exact) mass is 364 g/mol. The lowest BCUT2D eigenvalue weighted by molar-refractivity contribution is -0.00248. The molecule has 140 valence electrons. The molecule has 6 nitrogen and oxygen atoms in total. The van der Waals surface area contributed by atoms with Crippen LogP contribution in [0.25, 0.3) is 0 Å². The number of hydrogen-bond donors (Lipinski definition) is 1. The Morgan fingerprint density at radius 3 is 2.73 bits per heavy atom. The third kappa shape index (κ3) is 4.36. The number of hydrogen-bond acceptors (Lipinski definition) is 4. The number of imidazole rings is 1. The van der Waals surface area contributed by atoms with E-state index in [9.17, 15) is 13.6 Å². The van der Waals surface area contributed by atoms with Crippen LogP contribution < -0.4 is 0 Å². The van der Waals surface area contributed by atoms with Crippen LogP contribution in [0.5, 0.6) is 0 Å². The fourth-order valence-corrected chi connectivity index (χ4v) is 2.93. The van der Waals surface area contributed by atoms with Crippen LogP contribution >= 0.6 is 0 Å². The quantitative estimate of drug-likeness (QED) is 0.901. The number of nitrogens with one attached hydrogen (secondary N) is 1. The SMILES string of the molecule is CC(C)(C)OC(=O)N1CC(F)(F)CC1c1ncc(Cc2ccncc2)[nH]1. The molecule has 1 unspecified atom stereocenters. The molecule has 1 saturated heterocycles. The van der Waals surface area contributed by atoms with Crippen molar-refractivity contribution in [3.8, 4) is 0 Å². The molecule has 1 aliphatic heterocycles. The van der Waals surface area contributed by atoms with E-state index in [1.54, 1.807) is 39.4 Å². The van der Waals surface area contributed by atoms with Gasteiger partial charge in [-0.2, -0.15) is 0 Å². The summed E-state index contributed by atoms with van der Waals surface area (Å²) < 4.78 is 33.2. The fraction of sp³-hybridized carbons (Fsp3) is 0.500. The van der Waals surface area contributed by atoms with Crippen molar-refractivity contribution < 1.29 is 18.3 Å². The van der Waals surface area contributed by atoms with Gasteiger partial charge in [-0.3, -0.25) is 9.88 Å². The van der Waals surface area contributed by atoms with Gasteiger partial charge in [0, 0.05) is 37.1 Å². The minimum Gasteiger partial charge on any atom is -0.444 e. The number of nitrogens with zero attached hydrogens (tertiary/aromatic N) is 3. The first kappa shape index (κ1) is 18.3. The van der Waals surface area contributed by atoms with Gasteiger partial charge in [0.25, 0.3) is 5.92 Å². The first-order valence-electron chi connectivity index (χ1n) is 8.43. The van der Waals surface area contributed by atoms with Crippen molar-refractivity contribution in [2.45, 2.75) is 51.2 Å². The van der Waals surface area contributed by atoms with E-state index in [1.807, 2.05) is 12.1 Å². The molecule has 1 amide bonds. The molecule has 2 aromatic heterocycles. The van der Waals surface area contributed by atoms with Gasteiger partial charge in [-0.25, -0.2) is 18.6 Å². The number of carbonyl (C=O) groups excluding carboxylic acids is 1. The molecular weight excluding hydrogens is 342 g/mol. The minimum absolute atomic E-state index is 0.345. The summed E-state index contributed by atoms with van der Waals surface area (Å²) in [5, 5.41) is 0. The lowest BCUT2D eigenvalue weighted by Crippen LogP contribution is -2.38. The van der Waals surface area contributed by atoms with E-state index in [2.05, 4.69) is 15.0 Å². The van der Waals surface area contributed by atoms with Crippen molar-refractivity contribution >= 4 is 6.09 Å². The Morgan fingerprint density at radius 2 is 2.08 bits per heavy atom. The number of aromatic amines is 1. The first-order valence-corrected chi connectivity index (χ1v) is 8.43. The number of rotatable bonds is 3. The molecule has 0 aromatic carbocycles. The van der Waals surface area contributed by atoms with Crippen LogP contribution in [0.1, 0.15) is 50.3 Å². The molecule has 1 atom stereocenters. The predicted octanol–water partition coefficient (Wildman–Crippen LogP) is 3.71. The van der Waals surface area contributed by atoms with Gasteiger partial charge in [0.2, 0.25) is 0 Å². The normalized spacial score (nSPS) is 19.6. The van der Waals surface area contributed by atoms with Gasteiger partial charge in [0.05, 0.1) is 12.6 Å². The Kier molecular flexibility index (Phi) is 4.68. The molecule has 0 radical (unpaired) electrons. The summed E-state index contributed by atoms with van der Waals surface area (Å²) >= 11 is 0. The number of amides is 1. The van der Waals surface area contributed by atoms with Crippen molar-refractivity contribution in [2.75, 3.05) is 6.54 Å². The van der Waals surface area contributed by atoms with E-state index < -0.39 is 36.6 Å². The molecule has 1 N–H and O–H groups in total. The summed E-state index contributed by atoms with van der Waals surface area (Å²) in [6.45, 7) is 4.43. The molecule has 0 aliphatic carbocycles. The van der Waals surface area contributed by atoms with Gasteiger partial charge >= 0.3 is 6.09 Å². The zero-order valence-electron chi connectivity index (χ0n) is 15.0. The summed E-state index contributed by atoms with van der Waals surface area (Å²) in [5.74, 6) is -2.63. The van der Waals surface area contributed by atoms with E-state index in [4.69, 9.17) is 4.74 Å². The first-order chi connectivity index (χ1) is 12.1. The Hall–Kier alpha value is -2.51. The van der Waals surface area contributed by atoms with E-state index in [-0.39, 0.29) is 0 Å². The third-order valence-electron chi connectivity index (χ3n) is 4.01. The summed E-state index contributed by atoms with van der Waals surface area (Å²) in [6, 6.07) is 2.90. The van der Waals surface area contributed by atoms with Crippen molar-refractivity contribution in [2.24, 2.45) is 0 Å². The number of H-pyrrole nitrogens is 1. The second-order valence-electron chi connectivity index (χ2n) is 7.51. The summed E-state index contributed by atoms with van der Waals surface area (Å²) in [5.41, 5.74) is 1.05. The van der Waals surface area contributed by atoms with Crippen molar-refractivity contribution in [3.05, 3.63) is 47.8 Å². The van der Waals surface area contributed by atoms with E-state index in [0.717, 1.165) is 16.2 Å². The molecule has 1 fully saturated rings. The maximum Gasteiger partial charge on any atom is 0.411 e. The van der Waals surface area contributed by atoms with Crippen LogP contribution in [-0.2, 0) is 11.2 Å². The number of aromatic nitrogens is 3. The van der Waals surface area contributed by atoms with E-state index >= 15 is 0 Å². The molecule has 0 bridgehead atoms. The molecule has 0 spiro atoms. The van der Waals surface area contributed by atoms with Gasteiger partial charge < -0.3 is 9.72 Å². The highest BCUT2D eigenvalue weighted by molar-refractivity contribution is 5.69. The van der Waals surface area contributed by atoms with Crippen LogP contribution in [-0.4, -0.2) is 44.0 Å². The average molecular weight is 364 g/mol. The highest BCUT2D eigenvalue weighted by Gasteiger charge is 2.49. The number of halogens is 2. The maximum absolute atomic E-state index is 14.0. The zero-order valence-corrected chi connectivity index (χ0v) is 15.0. The van der Waals surface area contributed by atoms with Crippen LogP contribution in [0.3, 0.4) is 0 Å². The highest BCUT2D eigenvalue weighted by atomic mass is 19.3. The Labute approximate surface area is 150 Å². The summed E-state index contributed by atoms with van der Waals surface area (Å²) in [6.07, 6.45) is 4.33. The van der Waals surface area contributed by atoms with Crippen molar-refractivity contribution in [3.63, 3.8) is 0 Å². The van der Waals surface area contributed by atoms with Crippen molar-refractivity contribution in [1.29, 1.82) is 0 Å². The molecule has 2 aromatic rings. The average Bonchev–Trinajstić information content (AvgIpc) is 3.10. The predicted molar refractivity (Wildman–Crippen MR) is 90.9 cm³/mol. The second kappa shape index (κ2) is 6.66. The molecule has 0 saturated carbocycles. The van der Waals surface area contributed by atoms with Gasteiger partial charge in [0.1, 0.15) is 11.4 Å². The Bertz CT molecular complexity index is 771. The zero-order chi connectivity index (χ0) is 18.9. The largest absolute Gasteiger partial charge is 0.444 e. The fourth-order valence-electron chi connectivity index (χ4n) is 2.93. The van der Waals surface area contributed by atoms with Crippen LogP contribution in [0.15, 0.2) is 30.7 Å². The highest BCUT2D eigenvalue weighted by Crippen LogP contribution is 2.40. The van der Waals surface area contributed by atoms with Crippen LogP contribution in [0.2, 0.25) is 0 Å². The van der Waals surface area contributed by atoms with Gasteiger partial charge in [-0.05, 0) is 38.5 Å². The number of likely N-dealkylation sites (tertiary alicyclic amines) is 1. The molecular formula is C18H22F2N4O2. The number of ether oxygens (including phenoxy) is 1. The summed E-state index contributed by atoms with van der Waals surface area (Å²) in [7, 11) is 0. The maximum atomic E-state index is 14.0. The molecule has 26 heavy (non-hydrogen) atoms. The van der Waals surface area contributed by atoms with E-state index in [0.29, 0.717) is 12.2 Å². The molecule has 3 heterocycles. The second-order valence-corrected chi connectivity index (χ2v) is 7.51. The van der Waals surface area contributed by atoms with Gasteiger partial charge in [-0.1, -0.05) is 0 Å². The molecule has 3 rings (SSSR count). The molecule has 1 aliphatic rings. The van der Waals surface area contributed by atoms with Crippen LogP contribution in [0.4, 0.5) is 13.6 Å². The van der Waals surface area contributed by atoms with Crippen LogP contribution in [0, 0.1) is 0 Å². The lowest BCUT2D eigenvalue weighted by atomic mass is 10.1. The summed E-state index contributed by atoms with van der Waals surface area (Å²) in [4.78, 5) is 24.7. The van der Waals surface area contributed by atoms with E-state index in [1.165, 1.54) is 0 Å². The number of carbonyl (C=O) groups is 1. The van der Waals surface area contributed by atoms with Crippen molar-refractivity contribution in [1.82, 2.24) is 19.9 Å². The van der Waals surface area contributed by atoms with Gasteiger partial charge in [0.15, 0.2) is 0 Å². The standard InChI is InChI=1S/C18H22F2N4O2/c1-17(2,3)26-16(25)24-11-18(19,20)9-14(24)15-22-10-13(23-15)8-12-4-6-21-7-5-12/h4-7,10,14H,8-9,11H2,1-3H3,(H,22,23). The Morgan fingerprint density at radius 1 is 1.38 bits per heavy atom.